The Morgan fingerprint density at radius 2 is 1.54 bits per heavy atom. The van der Waals surface area contributed by atoms with Gasteiger partial charge >= 0.3 is 5.97 Å². The number of nitrogens with zero attached hydrogens (tertiary/aromatic N) is 1. The first kappa shape index (κ1) is 36.3. The first-order valence-corrected chi connectivity index (χ1v) is 14.8. The van der Waals surface area contributed by atoms with E-state index in [9.17, 15) is 40.6 Å². The Bertz CT molecular complexity index is 862. The van der Waals surface area contributed by atoms with Gasteiger partial charge in [0, 0.05) is 18.3 Å². The Labute approximate surface area is 244 Å². The number of quaternary nitrogens is 1. The summed E-state index contributed by atoms with van der Waals surface area (Å²) >= 11 is 0. The molecule has 2 saturated heterocycles. The van der Waals surface area contributed by atoms with Gasteiger partial charge in [0.05, 0.1) is 56.1 Å². The van der Waals surface area contributed by atoms with Crippen molar-refractivity contribution in [2.45, 2.75) is 141 Å². The molecule has 0 spiro atoms. The summed E-state index contributed by atoms with van der Waals surface area (Å²) in [6, 6.07) is -0.775. The number of ether oxygens (including phenoxy) is 3. The summed E-state index contributed by atoms with van der Waals surface area (Å²) in [7, 11) is 2.83. The summed E-state index contributed by atoms with van der Waals surface area (Å²) in [4.78, 5) is 13.2. The molecular formula is C29H55NO11. The first-order chi connectivity index (χ1) is 18.6. The molecule has 0 amide bonds. The van der Waals surface area contributed by atoms with Crippen LogP contribution in [0.2, 0.25) is 0 Å². The number of aliphatic hydroxyl groups is 6. The second kappa shape index (κ2) is 13.4. The van der Waals surface area contributed by atoms with Crippen molar-refractivity contribution in [3.8, 4) is 0 Å². The highest BCUT2D eigenvalue weighted by molar-refractivity contribution is 5.73. The van der Waals surface area contributed by atoms with Crippen molar-refractivity contribution in [3.05, 3.63) is 5.21 Å². The summed E-state index contributed by atoms with van der Waals surface area (Å²) < 4.78 is 16.9. The van der Waals surface area contributed by atoms with Crippen LogP contribution < -0.4 is 0 Å². The Hall–Kier alpha value is -0.930. The normalized spacial score (nSPS) is 49.7. The predicted molar refractivity (Wildman–Crippen MR) is 150 cm³/mol. The van der Waals surface area contributed by atoms with E-state index in [4.69, 9.17) is 14.2 Å². The third-order valence-corrected chi connectivity index (χ3v) is 9.44. The fourth-order valence-electron chi connectivity index (χ4n) is 6.70. The van der Waals surface area contributed by atoms with Crippen LogP contribution in [-0.4, -0.2) is 122 Å². The van der Waals surface area contributed by atoms with E-state index in [-0.39, 0.29) is 19.3 Å². The molecule has 2 fully saturated rings. The molecule has 2 rings (SSSR count). The van der Waals surface area contributed by atoms with Gasteiger partial charge in [0.25, 0.3) is 0 Å². The third kappa shape index (κ3) is 7.97. The van der Waals surface area contributed by atoms with Crippen molar-refractivity contribution >= 4 is 5.97 Å². The number of cyclic esters (lactones) is 1. The molecule has 0 aromatic heterocycles. The van der Waals surface area contributed by atoms with E-state index in [2.05, 4.69) is 0 Å². The van der Waals surface area contributed by atoms with Crippen molar-refractivity contribution in [2.75, 3.05) is 14.1 Å². The maximum absolute atomic E-state index is 13.2. The predicted octanol–water partition coefficient (Wildman–Crippen LogP) is 0.665. The SMILES string of the molecule is CC[C@H]1OC(=O)[C@H](C)[C@@H](O)[C@H](C)[C@@H](O[C@@H]2O[C@H](C)C[C@H]([N+](C)(C)[O-])[C@H]2O)C(C)(O)C[C@@H](C)[C@H](O)[C@H](C)[C@@H](O)[C@]1(C)O. The highest BCUT2D eigenvalue weighted by atomic mass is 16.7. The Morgan fingerprint density at radius 3 is 2.05 bits per heavy atom. The number of aliphatic hydroxyl groups excluding tert-OH is 4. The minimum absolute atomic E-state index is 0.0734. The number of hydrogen-bond acceptors (Lipinski definition) is 11. The molecule has 12 heteroatoms. The molecule has 2 aliphatic heterocycles. The summed E-state index contributed by atoms with van der Waals surface area (Å²) in [6.07, 6.45) is -9.19. The van der Waals surface area contributed by atoms with Gasteiger partial charge in [-0.2, -0.15) is 0 Å². The van der Waals surface area contributed by atoms with Gasteiger partial charge in [0.2, 0.25) is 0 Å². The van der Waals surface area contributed by atoms with Gasteiger partial charge in [-0.15, -0.1) is 0 Å². The lowest BCUT2D eigenvalue weighted by atomic mass is 9.73. The Kier molecular flexibility index (Phi) is 11.8. The van der Waals surface area contributed by atoms with Crippen LogP contribution >= 0.6 is 0 Å². The summed E-state index contributed by atoms with van der Waals surface area (Å²) in [5, 5.41) is 80.6. The first-order valence-electron chi connectivity index (χ1n) is 14.8. The number of hydroxylamine groups is 3. The minimum atomic E-state index is -1.91. The molecule has 41 heavy (non-hydrogen) atoms. The van der Waals surface area contributed by atoms with E-state index in [0.717, 1.165) is 0 Å². The van der Waals surface area contributed by atoms with Crippen LogP contribution in [-0.2, 0) is 19.0 Å². The van der Waals surface area contributed by atoms with Crippen molar-refractivity contribution in [3.63, 3.8) is 0 Å². The van der Waals surface area contributed by atoms with Gasteiger partial charge in [-0.05, 0) is 46.5 Å². The van der Waals surface area contributed by atoms with E-state index >= 15 is 0 Å². The monoisotopic (exact) mass is 593 g/mol. The summed E-state index contributed by atoms with van der Waals surface area (Å²) in [6.45, 7) is 12.5. The Balaban J connectivity index is 2.56. The molecule has 0 saturated carbocycles. The molecular weight excluding hydrogens is 538 g/mol. The number of likely N-dealkylation sites (N-methyl/N-ethyl adjacent to an activating group) is 1. The fourth-order valence-corrected chi connectivity index (χ4v) is 6.70. The quantitative estimate of drug-likeness (QED) is 0.153. The molecule has 0 aromatic rings. The van der Waals surface area contributed by atoms with Gasteiger partial charge in [0.15, 0.2) is 12.4 Å². The molecule has 0 radical (unpaired) electrons. The second-order valence-electron chi connectivity index (χ2n) is 13.6. The lowest BCUT2D eigenvalue weighted by Gasteiger charge is -2.51. The maximum atomic E-state index is 13.2. The molecule has 15 atom stereocenters. The number of carbonyl (C=O) groups excluding carboxylic acids is 1. The lowest BCUT2D eigenvalue weighted by molar-refractivity contribution is -0.874. The zero-order chi connectivity index (χ0) is 31.8. The molecule has 0 aliphatic carbocycles. The third-order valence-electron chi connectivity index (χ3n) is 9.44. The van der Waals surface area contributed by atoms with E-state index in [1.807, 2.05) is 0 Å². The standard InChI is InChI=1S/C29H55NO11/c1-11-20-29(8,37)24(34)16(4)21(31)14(2)13-28(7,36)25(17(5)22(32)18(6)26(35)40-20)41-27-23(33)19(30(9,10)38)12-15(3)39-27/h14-25,27,31-34,36-37H,11-13H2,1-10H3/t14-,15-,16+,17+,18-,19+,20-,21+,22+,23-,24-,25-,27+,28?,29-/m1/s1. The largest absolute Gasteiger partial charge is 0.633 e. The molecule has 1 unspecified atom stereocenters. The van der Waals surface area contributed by atoms with Gasteiger partial charge in [0.1, 0.15) is 17.7 Å². The highest BCUT2D eigenvalue weighted by Crippen LogP contribution is 2.38. The van der Waals surface area contributed by atoms with Crippen molar-refractivity contribution in [2.24, 2.45) is 23.7 Å². The number of esters is 1. The average Bonchev–Trinajstić information content (AvgIpc) is 2.87. The molecule has 0 bridgehead atoms. The fraction of sp³-hybridized carbons (Fsp3) is 0.966. The van der Waals surface area contributed by atoms with Crippen LogP contribution in [0.4, 0.5) is 0 Å². The van der Waals surface area contributed by atoms with Gasteiger partial charge in [-0.3, -0.25) is 4.79 Å². The molecule has 12 nitrogen and oxygen atoms in total. The van der Waals surface area contributed by atoms with Crippen LogP contribution in [0.5, 0.6) is 0 Å². The van der Waals surface area contributed by atoms with Crippen LogP contribution in [0, 0.1) is 28.9 Å². The molecule has 2 heterocycles. The van der Waals surface area contributed by atoms with Crippen LogP contribution in [0.3, 0.4) is 0 Å². The molecule has 0 aromatic carbocycles. The molecule has 242 valence electrons. The molecule has 6 N–H and O–H groups in total. The minimum Gasteiger partial charge on any atom is -0.633 e. The summed E-state index contributed by atoms with van der Waals surface area (Å²) in [5.74, 6) is -4.39. The maximum Gasteiger partial charge on any atom is 0.311 e. The van der Waals surface area contributed by atoms with Crippen molar-refractivity contribution in [1.82, 2.24) is 0 Å². The van der Waals surface area contributed by atoms with Gasteiger partial charge in [-0.25, -0.2) is 0 Å². The van der Waals surface area contributed by atoms with Gasteiger partial charge < -0.3 is 54.7 Å². The van der Waals surface area contributed by atoms with E-state index in [1.54, 1.807) is 34.6 Å². The molecule has 2 aliphatic rings. The van der Waals surface area contributed by atoms with E-state index in [1.165, 1.54) is 34.9 Å². The zero-order valence-electron chi connectivity index (χ0n) is 26.3. The number of carbonyl (C=O) groups is 1. The number of rotatable bonds is 4. The smallest absolute Gasteiger partial charge is 0.311 e. The number of hydrogen-bond donors (Lipinski definition) is 6. The lowest BCUT2D eigenvalue weighted by Crippen LogP contribution is -2.62. The Morgan fingerprint density at radius 1 is 0.976 bits per heavy atom. The van der Waals surface area contributed by atoms with Crippen LogP contribution in [0.1, 0.15) is 74.7 Å². The van der Waals surface area contributed by atoms with Crippen LogP contribution in [0.15, 0.2) is 0 Å². The van der Waals surface area contributed by atoms with E-state index in [0.29, 0.717) is 0 Å². The average molecular weight is 594 g/mol. The highest BCUT2D eigenvalue weighted by Gasteiger charge is 2.52. The van der Waals surface area contributed by atoms with Crippen molar-refractivity contribution in [1.29, 1.82) is 0 Å². The second-order valence-corrected chi connectivity index (χ2v) is 13.6. The van der Waals surface area contributed by atoms with Gasteiger partial charge in [-0.1, -0.05) is 27.7 Å². The summed E-state index contributed by atoms with van der Waals surface area (Å²) in [5.41, 5.74) is -3.66. The van der Waals surface area contributed by atoms with Crippen molar-refractivity contribution < 1.29 is 54.3 Å². The van der Waals surface area contributed by atoms with Crippen LogP contribution in [0.25, 0.3) is 0 Å². The zero-order valence-corrected chi connectivity index (χ0v) is 26.3. The van der Waals surface area contributed by atoms with E-state index < -0.39 is 101 Å². The topological polar surface area (TPSA) is 189 Å².